The van der Waals surface area contributed by atoms with E-state index in [4.69, 9.17) is 0 Å². The minimum atomic E-state index is -3.28. The van der Waals surface area contributed by atoms with E-state index >= 15 is 4.57 Å². The van der Waals surface area contributed by atoms with Gasteiger partial charge in [0.15, 0.2) is 7.14 Å². The molecule has 0 atom stereocenters. The van der Waals surface area contributed by atoms with Crippen LogP contribution in [0.2, 0.25) is 0 Å². The number of fused-ring (bicyclic) bond motifs is 8. The predicted octanol–water partition coefficient (Wildman–Crippen LogP) is 10.8. The van der Waals surface area contributed by atoms with Gasteiger partial charge in [-0.3, -0.25) is 0 Å². The highest BCUT2D eigenvalue weighted by atomic mass is 31.2. The van der Waals surface area contributed by atoms with E-state index in [9.17, 15) is 0 Å². The van der Waals surface area contributed by atoms with Gasteiger partial charge in [0.25, 0.3) is 0 Å². The number of hydrogen-bond donors (Lipinski definition) is 0. The van der Waals surface area contributed by atoms with Crippen LogP contribution in [0.5, 0.6) is 0 Å². The first-order valence-electron chi connectivity index (χ1n) is 15.7. The number of benzene rings is 9. The van der Waals surface area contributed by atoms with E-state index in [2.05, 4.69) is 115 Å². The summed E-state index contributed by atoms with van der Waals surface area (Å²) in [6, 6.07) is 61.4. The fourth-order valence-corrected chi connectivity index (χ4v) is 10.6. The molecule has 216 valence electrons. The smallest absolute Gasteiger partial charge is 0.172 e. The van der Waals surface area contributed by atoms with Crippen LogP contribution in [0.25, 0.3) is 65.0 Å². The maximum Gasteiger partial charge on any atom is 0.172 e. The van der Waals surface area contributed by atoms with Crippen molar-refractivity contribution in [2.75, 3.05) is 0 Å². The zero-order valence-corrected chi connectivity index (χ0v) is 26.0. The molecule has 0 saturated heterocycles. The zero-order chi connectivity index (χ0) is 30.7. The van der Waals surface area contributed by atoms with Crippen LogP contribution in [0.15, 0.2) is 176 Å². The Kier molecular flexibility index (Phi) is 6.17. The minimum absolute atomic E-state index is 0.841. The summed E-state index contributed by atoms with van der Waals surface area (Å²) in [4.78, 5) is 0. The van der Waals surface area contributed by atoms with Crippen LogP contribution in [0.3, 0.4) is 0 Å². The van der Waals surface area contributed by atoms with Gasteiger partial charge in [-0.2, -0.15) is 0 Å². The second-order valence-corrected chi connectivity index (χ2v) is 14.6. The van der Waals surface area contributed by atoms with Gasteiger partial charge in [0.2, 0.25) is 0 Å². The van der Waals surface area contributed by atoms with Gasteiger partial charge in [-0.25, -0.2) is 0 Å². The molecule has 0 spiro atoms. The lowest BCUT2D eigenvalue weighted by Crippen LogP contribution is -2.26. The van der Waals surface area contributed by atoms with Crippen LogP contribution in [-0.2, 0) is 4.57 Å². The molecule has 0 aromatic heterocycles. The maximum atomic E-state index is 15.9. The summed E-state index contributed by atoms with van der Waals surface area (Å²) in [5.74, 6) is 0. The number of hydrogen-bond acceptors (Lipinski definition) is 1. The number of rotatable bonds is 4. The van der Waals surface area contributed by atoms with E-state index in [0.29, 0.717) is 0 Å². The molecule has 0 radical (unpaired) electrons. The second kappa shape index (κ2) is 10.6. The van der Waals surface area contributed by atoms with Gasteiger partial charge in [-0.15, -0.1) is 0 Å². The van der Waals surface area contributed by atoms with E-state index in [1.807, 2.05) is 60.7 Å². The normalized spacial score (nSPS) is 12.0. The standard InChI is InChI=1S/C44H29OP/c45-46(31-15-3-1-4-16-31,32-17-5-2-6-18-32)44-40-25-13-11-23-38(40)43(39-24-12-14-26-41(39)44)30-27-28-37-35-21-8-7-19-33(35)34-20-9-10-22-36(34)42(37)29-30/h1-29H. The zero-order valence-electron chi connectivity index (χ0n) is 25.1. The lowest BCUT2D eigenvalue weighted by atomic mass is 9.88. The van der Waals surface area contributed by atoms with Crippen molar-refractivity contribution in [3.63, 3.8) is 0 Å². The molecule has 9 aromatic rings. The molecule has 2 heteroatoms. The Bertz CT molecular complexity index is 2520. The van der Waals surface area contributed by atoms with Gasteiger partial charge in [-0.1, -0.05) is 170 Å². The largest absolute Gasteiger partial charge is 0.309 e. The third-order valence-electron chi connectivity index (χ3n) is 9.49. The average Bonchev–Trinajstić information content (AvgIpc) is 3.14. The summed E-state index contributed by atoms with van der Waals surface area (Å²) in [5.41, 5.74) is 2.32. The van der Waals surface area contributed by atoms with Crippen LogP contribution >= 0.6 is 7.14 Å². The van der Waals surface area contributed by atoms with E-state index in [-0.39, 0.29) is 0 Å². The van der Waals surface area contributed by atoms with Gasteiger partial charge in [0.05, 0.1) is 0 Å². The van der Waals surface area contributed by atoms with E-state index in [1.54, 1.807) is 0 Å². The molecule has 0 aliphatic carbocycles. The Morgan fingerprint density at radius 2 is 0.652 bits per heavy atom. The van der Waals surface area contributed by atoms with Gasteiger partial charge in [0.1, 0.15) is 0 Å². The molecular formula is C44H29OP. The summed E-state index contributed by atoms with van der Waals surface area (Å²) >= 11 is 0. The predicted molar refractivity (Wildman–Crippen MR) is 199 cm³/mol. The maximum absolute atomic E-state index is 15.9. The third kappa shape index (κ3) is 3.92. The van der Waals surface area contributed by atoms with Gasteiger partial charge >= 0.3 is 0 Å². The van der Waals surface area contributed by atoms with Crippen LogP contribution in [0.4, 0.5) is 0 Å². The Balaban J connectivity index is 1.42. The first-order valence-corrected chi connectivity index (χ1v) is 17.4. The summed E-state index contributed by atoms with van der Waals surface area (Å²) in [7, 11) is -3.28. The molecule has 0 bridgehead atoms. The average molecular weight is 605 g/mol. The highest BCUT2D eigenvalue weighted by Crippen LogP contribution is 2.49. The lowest BCUT2D eigenvalue weighted by molar-refractivity contribution is 0.593. The second-order valence-electron chi connectivity index (χ2n) is 11.9. The van der Waals surface area contributed by atoms with Gasteiger partial charge in [0, 0.05) is 15.9 Å². The van der Waals surface area contributed by atoms with Crippen LogP contribution in [-0.4, -0.2) is 0 Å². The molecule has 0 fully saturated rings. The van der Waals surface area contributed by atoms with Crippen LogP contribution in [0.1, 0.15) is 0 Å². The van der Waals surface area contributed by atoms with Crippen LogP contribution < -0.4 is 15.9 Å². The fraction of sp³-hybridized carbons (Fsp3) is 0. The van der Waals surface area contributed by atoms with Crippen molar-refractivity contribution in [2.24, 2.45) is 0 Å². The van der Waals surface area contributed by atoms with Crippen molar-refractivity contribution in [1.82, 2.24) is 0 Å². The van der Waals surface area contributed by atoms with Gasteiger partial charge < -0.3 is 4.57 Å². The molecule has 0 unspecified atom stereocenters. The van der Waals surface area contributed by atoms with Crippen molar-refractivity contribution < 1.29 is 4.57 Å². The Morgan fingerprint density at radius 3 is 1.11 bits per heavy atom. The molecule has 46 heavy (non-hydrogen) atoms. The van der Waals surface area contributed by atoms with E-state index in [0.717, 1.165) is 43.0 Å². The quantitative estimate of drug-likeness (QED) is 0.111. The van der Waals surface area contributed by atoms with Crippen molar-refractivity contribution in [2.45, 2.75) is 0 Å². The highest BCUT2D eigenvalue weighted by molar-refractivity contribution is 7.86. The molecule has 0 amide bonds. The fourth-order valence-electron chi connectivity index (χ4n) is 7.50. The molecule has 9 rings (SSSR count). The summed E-state index contributed by atoms with van der Waals surface area (Å²) in [5, 5.41) is 14.4. The van der Waals surface area contributed by atoms with Crippen molar-refractivity contribution in [3.8, 4) is 11.1 Å². The van der Waals surface area contributed by atoms with E-state index in [1.165, 1.54) is 37.9 Å². The van der Waals surface area contributed by atoms with Crippen molar-refractivity contribution in [3.05, 3.63) is 176 Å². The third-order valence-corrected chi connectivity index (χ3v) is 12.7. The Morgan fingerprint density at radius 1 is 0.304 bits per heavy atom. The molecular weight excluding hydrogens is 575 g/mol. The molecule has 9 aromatic carbocycles. The van der Waals surface area contributed by atoms with Crippen molar-refractivity contribution >= 4 is 76.9 Å². The first kappa shape index (κ1) is 26.9. The van der Waals surface area contributed by atoms with Crippen LogP contribution in [0, 0.1) is 0 Å². The monoisotopic (exact) mass is 604 g/mol. The summed E-state index contributed by atoms with van der Waals surface area (Å²) in [6.07, 6.45) is 0. The Labute approximate surface area is 267 Å². The Hall–Kier alpha value is -5.49. The van der Waals surface area contributed by atoms with E-state index < -0.39 is 7.14 Å². The minimum Gasteiger partial charge on any atom is -0.309 e. The first-order chi connectivity index (χ1) is 22.7. The highest BCUT2D eigenvalue weighted by Gasteiger charge is 2.34. The molecule has 0 saturated carbocycles. The van der Waals surface area contributed by atoms with Crippen molar-refractivity contribution in [1.29, 1.82) is 0 Å². The molecule has 0 aliphatic rings. The lowest BCUT2D eigenvalue weighted by Gasteiger charge is -2.25. The summed E-state index contributed by atoms with van der Waals surface area (Å²) < 4.78 is 15.9. The van der Waals surface area contributed by atoms with Gasteiger partial charge in [-0.05, 0) is 71.1 Å². The summed E-state index contributed by atoms with van der Waals surface area (Å²) in [6.45, 7) is 0. The molecule has 1 nitrogen and oxygen atoms in total. The molecule has 0 N–H and O–H groups in total. The topological polar surface area (TPSA) is 17.1 Å². The molecule has 0 heterocycles. The molecule has 0 aliphatic heterocycles. The SMILES string of the molecule is O=P(c1ccccc1)(c1ccccc1)c1c2ccccc2c(-c2ccc3c4ccccc4c4ccccc4c3c2)c2ccccc12.